The first kappa shape index (κ1) is 14.3. The summed E-state index contributed by atoms with van der Waals surface area (Å²) in [7, 11) is 0. The highest BCUT2D eigenvalue weighted by Gasteiger charge is 2.55. The molecular formula is C13H13F3O2S. The Morgan fingerprint density at radius 3 is 2.58 bits per heavy atom. The van der Waals surface area contributed by atoms with E-state index in [1.54, 1.807) is 0 Å². The summed E-state index contributed by atoms with van der Waals surface area (Å²) in [6.45, 7) is 0. The van der Waals surface area contributed by atoms with Crippen LogP contribution in [0, 0.1) is 0 Å². The molecule has 19 heavy (non-hydrogen) atoms. The number of allylic oxidation sites excluding steroid dienone is 1. The summed E-state index contributed by atoms with van der Waals surface area (Å²) in [5.74, 6) is -0.170. The molecule has 1 aromatic heterocycles. The number of thiophene rings is 1. The molecule has 1 aliphatic rings. The molecular weight excluding hydrogens is 277 g/mol. The van der Waals surface area contributed by atoms with Crippen molar-refractivity contribution in [1.29, 1.82) is 0 Å². The van der Waals surface area contributed by atoms with Crippen LogP contribution in [0.4, 0.5) is 13.2 Å². The van der Waals surface area contributed by atoms with E-state index in [-0.39, 0.29) is 11.3 Å². The van der Waals surface area contributed by atoms with Gasteiger partial charge in [-0.05, 0) is 35.7 Å². The van der Waals surface area contributed by atoms with Crippen LogP contribution in [0.1, 0.15) is 31.2 Å². The van der Waals surface area contributed by atoms with Crippen molar-refractivity contribution < 1.29 is 23.1 Å². The van der Waals surface area contributed by atoms with Crippen LogP contribution in [0.2, 0.25) is 0 Å². The van der Waals surface area contributed by atoms with Gasteiger partial charge < -0.3 is 5.11 Å². The minimum absolute atomic E-state index is 0.163. The molecule has 0 radical (unpaired) electrons. The Labute approximate surface area is 112 Å². The Balaban J connectivity index is 2.32. The van der Waals surface area contributed by atoms with Crippen molar-refractivity contribution >= 4 is 17.1 Å². The maximum Gasteiger partial charge on any atom is 0.421 e. The van der Waals surface area contributed by atoms with Crippen LogP contribution in [-0.2, 0) is 10.4 Å². The van der Waals surface area contributed by atoms with Crippen LogP contribution in [0.3, 0.4) is 0 Å². The quantitative estimate of drug-likeness (QED) is 0.924. The van der Waals surface area contributed by atoms with E-state index in [9.17, 15) is 23.1 Å². The highest BCUT2D eigenvalue weighted by molar-refractivity contribution is 7.08. The van der Waals surface area contributed by atoms with Crippen LogP contribution in [0.5, 0.6) is 0 Å². The lowest BCUT2D eigenvalue weighted by Gasteiger charge is -2.31. The van der Waals surface area contributed by atoms with E-state index in [1.165, 1.54) is 22.9 Å². The first-order chi connectivity index (χ1) is 8.83. The summed E-state index contributed by atoms with van der Waals surface area (Å²) in [6, 6.07) is 1.27. The van der Waals surface area contributed by atoms with E-state index in [1.807, 2.05) is 0 Å². The average Bonchev–Trinajstić information content (AvgIpc) is 2.80. The van der Waals surface area contributed by atoms with Crippen LogP contribution < -0.4 is 0 Å². The number of carbonyl (C=O) groups excluding carboxylic acids is 1. The highest BCUT2D eigenvalue weighted by Crippen LogP contribution is 2.45. The van der Waals surface area contributed by atoms with Crippen LogP contribution in [0.25, 0.3) is 0 Å². The summed E-state index contributed by atoms with van der Waals surface area (Å²) in [6.07, 6.45) is -2.76. The molecule has 6 heteroatoms. The summed E-state index contributed by atoms with van der Waals surface area (Å²) in [4.78, 5) is 11.3. The second kappa shape index (κ2) is 5.09. The molecule has 1 aliphatic carbocycles. The van der Waals surface area contributed by atoms with Crippen LogP contribution >= 0.6 is 11.3 Å². The lowest BCUT2D eigenvalue weighted by molar-refractivity contribution is -0.266. The van der Waals surface area contributed by atoms with Gasteiger partial charge in [-0.15, -0.1) is 0 Å². The molecule has 2 nitrogen and oxygen atoms in total. The van der Waals surface area contributed by atoms with E-state index < -0.39 is 18.2 Å². The van der Waals surface area contributed by atoms with Crippen molar-refractivity contribution in [3.63, 3.8) is 0 Å². The maximum absolute atomic E-state index is 13.2. The zero-order valence-corrected chi connectivity index (χ0v) is 10.9. The van der Waals surface area contributed by atoms with Crippen molar-refractivity contribution in [3.05, 3.63) is 34.0 Å². The monoisotopic (exact) mass is 290 g/mol. The number of carbonyl (C=O) groups is 1. The smallest absolute Gasteiger partial charge is 0.376 e. The number of hydrogen-bond acceptors (Lipinski definition) is 3. The molecule has 1 N–H and O–H groups in total. The number of rotatable bonds is 3. The van der Waals surface area contributed by atoms with Gasteiger partial charge in [-0.25, -0.2) is 0 Å². The lowest BCUT2D eigenvalue weighted by Crippen LogP contribution is -2.42. The Morgan fingerprint density at radius 2 is 2.05 bits per heavy atom. The highest BCUT2D eigenvalue weighted by atomic mass is 32.1. The zero-order valence-electron chi connectivity index (χ0n) is 10.0. The molecule has 0 saturated heterocycles. The predicted molar refractivity (Wildman–Crippen MR) is 65.8 cm³/mol. The summed E-state index contributed by atoms with van der Waals surface area (Å²) < 4.78 is 39.5. The van der Waals surface area contributed by atoms with E-state index in [0.29, 0.717) is 24.8 Å². The third-order valence-corrected chi connectivity index (χ3v) is 3.92. The van der Waals surface area contributed by atoms with Crippen LogP contribution in [-0.4, -0.2) is 17.1 Å². The second-order valence-electron chi connectivity index (χ2n) is 4.67. The first-order valence-corrected chi connectivity index (χ1v) is 6.81. The van der Waals surface area contributed by atoms with Gasteiger partial charge in [0.2, 0.25) is 0 Å². The van der Waals surface area contributed by atoms with Gasteiger partial charge in [0.05, 0.1) is 0 Å². The second-order valence-corrected chi connectivity index (χ2v) is 5.45. The molecule has 1 aromatic rings. The van der Waals surface area contributed by atoms with Gasteiger partial charge >= 0.3 is 6.18 Å². The maximum atomic E-state index is 13.2. The number of hydrogen-bond donors (Lipinski definition) is 1. The normalized spacial score (nSPS) is 20.0. The lowest BCUT2D eigenvalue weighted by atomic mass is 9.84. The number of ketones is 1. The molecule has 1 heterocycles. The van der Waals surface area contributed by atoms with Gasteiger partial charge in [0, 0.05) is 18.4 Å². The predicted octanol–water partition coefficient (Wildman–Crippen LogP) is 3.57. The molecule has 0 fully saturated rings. The third kappa shape index (κ3) is 2.90. The van der Waals surface area contributed by atoms with Crippen molar-refractivity contribution in [1.82, 2.24) is 0 Å². The third-order valence-electron chi connectivity index (χ3n) is 3.24. The molecule has 0 spiro atoms. The molecule has 0 bridgehead atoms. The zero-order chi connectivity index (χ0) is 14.1. The van der Waals surface area contributed by atoms with Crippen molar-refractivity contribution in [2.45, 2.75) is 37.5 Å². The summed E-state index contributed by atoms with van der Waals surface area (Å²) in [5.41, 5.74) is -2.71. The first-order valence-electron chi connectivity index (χ1n) is 5.87. The van der Waals surface area contributed by atoms with E-state index in [0.717, 1.165) is 11.3 Å². The molecule has 2 rings (SSSR count). The Kier molecular flexibility index (Phi) is 3.82. The molecule has 1 atom stereocenters. The fraction of sp³-hybridized carbons (Fsp3) is 0.462. The SMILES string of the molecule is O=C1C=C(C[C@@](O)(c2ccsc2)C(F)(F)F)CCC1. The summed E-state index contributed by atoms with van der Waals surface area (Å²) in [5, 5.41) is 12.9. The number of aliphatic hydroxyl groups is 1. The fourth-order valence-electron chi connectivity index (χ4n) is 2.20. The van der Waals surface area contributed by atoms with E-state index in [2.05, 4.69) is 0 Å². The fourth-order valence-corrected chi connectivity index (χ4v) is 2.92. The Morgan fingerprint density at radius 1 is 1.32 bits per heavy atom. The van der Waals surface area contributed by atoms with Crippen molar-refractivity contribution in [3.8, 4) is 0 Å². The Bertz CT molecular complexity index is 490. The molecule has 0 aromatic carbocycles. The van der Waals surface area contributed by atoms with Crippen molar-refractivity contribution in [2.75, 3.05) is 0 Å². The van der Waals surface area contributed by atoms with Gasteiger partial charge in [0.1, 0.15) is 0 Å². The molecule has 104 valence electrons. The van der Waals surface area contributed by atoms with Gasteiger partial charge in [-0.1, -0.05) is 5.57 Å². The minimum atomic E-state index is -4.77. The summed E-state index contributed by atoms with van der Waals surface area (Å²) >= 11 is 1.10. The number of alkyl halides is 3. The van der Waals surface area contributed by atoms with E-state index >= 15 is 0 Å². The largest absolute Gasteiger partial charge is 0.421 e. The van der Waals surface area contributed by atoms with Gasteiger partial charge in [0.15, 0.2) is 11.4 Å². The van der Waals surface area contributed by atoms with Crippen LogP contribution in [0.15, 0.2) is 28.5 Å². The topological polar surface area (TPSA) is 37.3 Å². The van der Waals surface area contributed by atoms with Gasteiger partial charge in [-0.3, -0.25) is 4.79 Å². The van der Waals surface area contributed by atoms with Crippen molar-refractivity contribution in [2.24, 2.45) is 0 Å². The van der Waals surface area contributed by atoms with Gasteiger partial charge in [0.25, 0.3) is 0 Å². The van der Waals surface area contributed by atoms with Gasteiger partial charge in [-0.2, -0.15) is 24.5 Å². The molecule has 0 aliphatic heterocycles. The minimum Gasteiger partial charge on any atom is -0.376 e. The Hall–Kier alpha value is -1.14. The standard InChI is InChI=1S/C13H13F3O2S/c14-13(15,16)12(18,10-4-5-19-8-10)7-9-2-1-3-11(17)6-9/h4-6,8,18H,1-3,7H2/t12-/m1/s1. The number of halogens is 3. The average molecular weight is 290 g/mol. The molecule has 0 saturated carbocycles. The van der Waals surface area contributed by atoms with E-state index in [4.69, 9.17) is 0 Å². The molecule has 0 unspecified atom stereocenters. The molecule has 0 amide bonds.